The molecular weight excluding hydrogens is 411 g/mol. The molecule has 0 spiro atoms. The normalized spacial score (nSPS) is 11.7. The minimum absolute atomic E-state index is 0. The van der Waals surface area contributed by atoms with Gasteiger partial charge in [0.05, 0.1) is 17.1 Å². The van der Waals surface area contributed by atoms with Crippen molar-refractivity contribution >= 4 is 23.3 Å². The predicted molar refractivity (Wildman–Crippen MR) is 130 cm³/mol. The van der Waals surface area contributed by atoms with Gasteiger partial charge in [0.2, 0.25) is 0 Å². The summed E-state index contributed by atoms with van der Waals surface area (Å²) in [4.78, 5) is 9.80. The summed E-state index contributed by atoms with van der Waals surface area (Å²) in [5.74, 6) is 0. The van der Waals surface area contributed by atoms with E-state index in [9.17, 15) is 0 Å². The monoisotopic (exact) mass is 448 g/mol. The summed E-state index contributed by atoms with van der Waals surface area (Å²) in [6.45, 7) is 11.1. The molecule has 2 rings (SSSR count). The predicted octanol–water partition coefficient (Wildman–Crippen LogP) is 7.99. The first-order chi connectivity index (χ1) is 14.1. The minimum Gasteiger partial charge on any atom is -0.255 e. The Bertz CT molecular complexity index is 815. The van der Waals surface area contributed by atoms with Crippen LogP contribution >= 0.6 is 0 Å². The SMILES string of the molecule is CCCCCC(C=Nc1cc(CC)cc(CC)c1)=Nc1ccc(CC)c(CC)c1.[Ni]. The smallest absolute Gasteiger partial charge is 0.0636 e. The Labute approximate surface area is 194 Å². The first kappa shape index (κ1) is 26.3. The van der Waals surface area contributed by atoms with Crippen molar-refractivity contribution in [3.8, 4) is 0 Å². The largest absolute Gasteiger partial charge is 0.255 e. The summed E-state index contributed by atoms with van der Waals surface area (Å²) in [6, 6.07) is 13.3. The topological polar surface area (TPSA) is 24.7 Å². The van der Waals surface area contributed by atoms with Crippen LogP contribution in [0.5, 0.6) is 0 Å². The van der Waals surface area contributed by atoms with Gasteiger partial charge in [-0.2, -0.15) is 0 Å². The summed E-state index contributed by atoms with van der Waals surface area (Å²) in [5, 5.41) is 0. The first-order valence-corrected chi connectivity index (χ1v) is 11.5. The van der Waals surface area contributed by atoms with Crippen LogP contribution in [0, 0.1) is 0 Å². The number of rotatable bonds is 11. The van der Waals surface area contributed by atoms with Gasteiger partial charge in [0.1, 0.15) is 0 Å². The van der Waals surface area contributed by atoms with Gasteiger partial charge in [0, 0.05) is 22.7 Å². The number of hydrogen-bond acceptors (Lipinski definition) is 2. The Morgan fingerprint density at radius 1 is 0.733 bits per heavy atom. The second kappa shape index (κ2) is 14.3. The van der Waals surface area contributed by atoms with Crippen LogP contribution in [0.3, 0.4) is 0 Å². The van der Waals surface area contributed by atoms with E-state index in [1.165, 1.54) is 35.1 Å². The molecule has 0 radical (unpaired) electrons. The van der Waals surface area contributed by atoms with Crippen molar-refractivity contribution in [2.75, 3.05) is 0 Å². The van der Waals surface area contributed by atoms with Gasteiger partial charge in [0.25, 0.3) is 0 Å². The summed E-state index contributed by atoms with van der Waals surface area (Å²) in [5.41, 5.74) is 8.70. The molecule has 166 valence electrons. The molecule has 0 aromatic heterocycles. The van der Waals surface area contributed by atoms with Crippen LogP contribution < -0.4 is 0 Å². The molecule has 2 nitrogen and oxygen atoms in total. The maximum absolute atomic E-state index is 4.98. The zero-order chi connectivity index (χ0) is 21.1. The summed E-state index contributed by atoms with van der Waals surface area (Å²) >= 11 is 0. The third kappa shape index (κ3) is 8.19. The molecule has 3 heteroatoms. The summed E-state index contributed by atoms with van der Waals surface area (Å²) < 4.78 is 0. The van der Waals surface area contributed by atoms with Crippen LogP contribution in [0.25, 0.3) is 0 Å². The fourth-order valence-electron chi connectivity index (χ4n) is 3.60. The number of benzene rings is 2. The number of hydrogen-bond donors (Lipinski definition) is 0. The zero-order valence-corrected chi connectivity index (χ0v) is 20.4. The molecule has 0 bridgehead atoms. The standard InChI is InChI=1S/C27H38N2.Ni/c1-6-11-12-13-26(29-25-15-14-23(9-4)24(10-5)19-25)20-28-27-17-21(7-2)16-22(8-3)18-27;/h14-20H,6-13H2,1-5H3;. The number of unbranched alkanes of at least 4 members (excludes halogenated alkanes) is 2. The molecule has 0 aliphatic carbocycles. The third-order valence-corrected chi connectivity index (χ3v) is 5.48. The van der Waals surface area contributed by atoms with Crippen LogP contribution in [0.15, 0.2) is 46.4 Å². The minimum atomic E-state index is 0. The average Bonchev–Trinajstić information content (AvgIpc) is 2.76. The fourth-order valence-corrected chi connectivity index (χ4v) is 3.60. The number of aryl methyl sites for hydroxylation is 4. The zero-order valence-electron chi connectivity index (χ0n) is 19.4. The van der Waals surface area contributed by atoms with Gasteiger partial charge in [-0.25, -0.2) is 0 Å². The Morgan fingerprint density at radius 2 is 1.40 bits per heavy atom. The maximum atomic E-state index is 4.98. The van der Waals surface area contributed by atoms with Gasteiger partial charge in [-0.1, -0.05) is 59.6 Å². The molecule has 30 heavy (non-hydrogen) atoms. The number of nitrogens with zero attached hydrogens (tertiary/aromatic N) is 2. The number of aliphatic imine (C=N–C) groups is 2. The molecule has 2 aromatic rings. The van der Waals surface area contributed by atoms with Crippen LogP contribution in [-0.2, 0) is 42.2 Å². The Balaban J connectivity index is 0.00000450. The fraction of sp³-hybridized carbons (Fsp3) is 0.481. The van der Waals surface area contributed by atoms with Crippen molar-refractivity contribution in [1.29, 1.82) is 0 Å². The Hall–Kier alpha value is -1.73. The van der Waals surface area contributed by atoms with E-state index in [1.807, 2.05) is 6.21 Å². The third-order valence-electron chi connectivity index (χ3n) is 5.48. The van der Waals surface area contributed by atoms with Crippen LogP contribution in [0.4, 0.5) is 11.4 Å². The van der Waals surface area contributed by atoms with Gasteiger partial charge in [-0.3, -0.25) is 9.98 Å². The first-order valence-electron chi connectivity index (χ1n) is 11.5. The molecule has 0 fully saturated rings. The van der Waals surface area contributed by atoms with Crippen molar-refractivity contribution < 1.29 is 16.5 Å². The molecule has 0 amide bonds. The van der Waals surface area contributed by atoms with Gasteiger partial charge in [-0.15, -0.1) is 0 Å². The van der Waals surface area contributed by atoms with E-state index in [4.69, 9.17) is 9.98 Å². The van der Waals surface area contributed by atoms with E-state index in [1.54, 1.807) is 0 Å². The molecule has 2 aromatic carbocycles. The Kier molecular flexibility index (Phi) is 12.5. The molecule has 0 N–H and O–H groups in total. The molecule has 0 aliphatic rings. The van der Waals surface area contributed by atoms with Gasteiger partial charge in [0.15, 0.2) is 0 Å². The van der Waals surface area contributed by atoms with E-state index >= 15 is 0 Å². The quantitative estimate of drug-likeness (QED) is 0.189. The van der Waals surface area contributed by atoms with Crippen molar-refractivity contribution in [1.82, 2.24) is 0 Å². The Morgan fingerprint density at radius 3 is 1.97 bits per heavy atom. The van der Waals surface area contributed by atoms with Crippen molar-refractivity contribution in [2.45, 2.75) is 86.0 Å². The van der Waals surface area contributed by atoms with Crippen LogP contribution in [0.1, 0.15) is 82.6 Å². The second-order valence-corrected chi connectivity index (χ2v) is 7.69. The summed E-state index contributed by atoms with van der Waals surface area (Å²) in [6.07, 6.45) is 10.8. The second-order valence-electron chi connectivity index (χ2n) is 7.69. The van der Waals surface area contributed by atoms with Crippen molar-refractivity contribution in [2.24, 2.45) is 9.98 Å². The maximum Gasteiger partial charge on any atom is 0.0636 e. The molecule has 0 atom stereocenters. The molecule has 0 aliphatic heterocycles. The van der Waals surface area contributed by atoms with E-state index in [-0.39, 0.29) is 16.5 Å². The summed E-state index contributed by atoms with van der Waals surface area (Å²) in [7, 11) is 0. The molecule has 0 saturated carbocycles. The van der Waals surface area contributed by atoms with E-state index in [0.29, 0.717) is 0 Å². The van der Waals surface area contributed by atoms with Gasteiger partial charge in [-0.05, 0) is 85.0 Å². The van der Waals surface area contributed by atoms with E-state index < -0.39 is 0 Å². The molecule has 0 saturated heterocycles. The van der Waals surface area contributed by atoms with Crippen molar-refractivity contribution in [3.63, 3.8) is 0 Å². The van der Waals surface area contributed by atoms with Crippen LogP contribution in [-0.4, -0.2) is 11.9 Å². The molecular formula is C27H38N2Ni. The molecule has 0 heterocycles. The van der Waals surface area contributed by atoms with Gasteiger partial charge < -0.3 is 0 Å². The van der Waals surface area contributed by atoms with Crippen molar-refractivity contribution in [3.05, 3.63) is 58.7 Å². The molecule has 0 unspecified atom stereocenters. The van der Waals surface area contributed by atoms with Gasteiger partial charge >= 0.3 is 0 Å². The van der Waals surface area contributed by atoms with E-state index in [0.717, 1.165) is 55.6 Å². The average molecular weight is 449 g/mol. The van der Waals surface area contributed by atoms with E-state index in [2.05, 4.69) is 71.0 Å². The van der Waals surface area contributed by atoms with Crippen LogP contribution in [0.2, 0.25) is 0 Å².